The number of carbonyl (C=O) groups is 2. The van der Waals surface area contributed by atoms with Gasteiger partial charge >= 0.3 is 11.9 Å². The fourth-order valence-corrected chi connectivity index (χ4v) is 8.06. The highest BCUT2D eigenvalue weighted by Crippen LogP contribution is 2.39. The van der Waals surface area contributed by atoms with Gasteiger partial charge in [0.15, 0.2) is 12.1 Å². The van der Waals surface area contributed by atoms with Crippen molar-refractivity contribution in [2.45, 2.75) is 176 Å². The van der Waals surface area contributed by atoms with E-state index in [0.717, 1.165) is 7.11 Å². The zero-order valence-electron chi connectivity index (χ0n) is 38.9. The number of aliphatic hydroxyl groups excluding tert-OH is 10. The van der Waals surface area contributed by atoms with E-state index in [-0.39, 0.29) is 31.6 Å². The van der Waals surface area contributed by atoms with Gasteiger partial charge in [-0.3, -0.25) is 9.59 Å². The minimum absolute atomic E-state index is 0.138. The number of methoxy groups -OCH3 is 1. The van der Waals surface area contributed by atoms with Crippen molar-refractivity contribution < 1.29 is 89.4 Å². The van der Waals surface area contributed by atoms with Crippen LogP contribution in [-0.2, 0) is 33.3 Å². The molecule has 0 spiro atoms. The van der Waals surface area contributed by atoms with E-state index < -0.39 is 147 Å². The Labute approximate surface area is 392 Å². The van der Waals surface area contributed by atoms with Crippen LogP contribution in [-0.4, -0.2) is 179 Å². The Bertz CT molecular complexity index is 1720. The minimum Gasteiger partial charge on any atom is -0.469 e. The number of hydrogen-bond acceptors (Lipinski definition) is 19. The first kappa shape index (κ1) is 57.8. The summed E-state index contributed by atoms with van der Waals surface area (Å²) in [6.07, 6.45) is 0.534. The van der Waals surface area contributed by atoms with Crippen LogP contribution >= 0.6 is 0 Å². The summed E-state index contributed by atoms with van der Waals surface area (Å²) in [5, 5.41) is 120. The van der Waals surface area contributed by atoms with Crippen LogP contribution < -0.4 is 5.73 Å². The number of carbonyl (C=O) groups excluding carboxylic acids is 2. The average molecular weight is 954 g/mol. The molecule has 0 amide bonds. The summed E-state index contributed by atoms with van der Waals surface area (Å²) in [7, 11) is 1.04. The van der Waals surface area contributed by atoms with Crippen molar-refractivity contribution in [2.24, 2.45) is 23.5 Å². The number of aliphatic hydroxyl groups is 11. The number of fused-ring (bicyclic) bond motifs is 2. The van der Waals surface area contributed by atoms with E-state index in [0.29, 0.717) is 0 Å². The van der Waals surface area contributed by atoms with Crippen LogP contribution in [0.25, 0.3) is 0 Å². The van der Waals surface area contributed by atoms with Gasteiger partial charge in [-0.25, -0.2) is 0 Å². The van der Waals surface area contributed by atoms with Gasteiger partial charge in [0, 0.05) is 31.1 Å². The van der Waals surface area contributed by atoms with Crippen molar-refractivity contribution in [3.63, 3.8) is 0 Å². The standard InChI is InChI=1S/C48H75NO18/c1-27-18-16-14-12-10-8-6-7-9-11-13-15-17-19-34(66-47-44(59)40(49)42(57)30(4)65-47)25-37-39(46(61)63-5)43(58)45(60)48(62,67-37)26-33(52)23-36(54)35(53)21-20-31(50)22-32(51)24-38(55)64-29(3)28(2)41(27)56/h6-19,27-37,39-45,47,50-54,56-60,62H,20-26,49H2,1-5H3/b7-6+,10-8+,11-9+,14-12+,15-13+,18-16+,19-17+/t27-,28-,29-,30-,31+,32+,33-,34-,35+,36+,37-,39-,40-,41+,42+,43+,44-,45-,47?,48+/m0/s1. The fraction of sp³-hybridized carbons (Fsp3) is 0.667. The smallest absolute Gasteiger partial charge is 0.314 e. The van der Waals surface area contributed by atoms with E-state index in [1.54, 1.807) is 86.8 Å². The lowest BCUT2D eigenvalue weighted by molar-refractivity contribution is -0.347. The van der Waals surface area contributed by atoms with Crippen LogP contribution in [0.4, 0.5) is 0 Å². The molecule has 0 radical (unpaired) electrons. The first-order valence-electron chi connectivity index (χ1n) is 22.8. The summed E-state index contributed by atoms with van der Waals surface area (Å²) in [6, 6.07) is -1.17. The highest BCUT2D eigenvalue weighted by atomic mass is 16.7. The van der Waals surface area contributed by atoms with Crippen molar-refractivity contribution in [3.8, 4) is 0 Å². The molecule has 0 aromatic rings. The molecule has 0 saturated carbocycles. The molecule has 19 nitrogen and oxygen atoms in total. The Morgan fingerprint density at radius 2 is 1.24 bits per heavy atom. The zero-order valence-corrected chi connectivity index (χ0v) is 38.9. The monoisotopic (exact) mass is 953 g/mol. The molecule has 0 aromatic heterocycles. The van der Waals surface area contributed by atoms with E-state index in [4.69, 9.17) is 29.4 Å². The van der Waals surface area contributed by atoms with Gasteiger partial charge in [-0.1, -0.05) is 98.9 Å². The maximum absolute atomic E-state index is 13.1. The van der Waals surface area contributed by atoms with Gasteiger partial charge < -0.3 is 85.6 Å². The lowest BCUT2D eigenvalue weighted by Crippen LogP contribution is -2.65. The Hall–Kier alpha value is -3.48. The van der Waals surface area contributed by atoms with Crippen LogP contribution in [0.1, 0.15) is 72.6 Å². The van der Waals surface area contributed by atoms with Gasteiger partial charge in [-0.2, -0.15) is 0 Å². The van der Waals surface area contributed by atoms with Crippen LogP contribution in [0.2, 0.25) is 0 Å². The second-order valence-corrected chi connectivity index (χ2v) is 17.8. The van der Waals surface area contributed by atoms with Crippen molar-refractivity contribution in [3.05, 3.63) is 85.1 Å². The number of rotatable bonds is 3. The normalized spacial score (nSPS) is 45.6. The molecule has 3 aliphatic rings. The van der Waals surface area contributed by atoms with E-state index in [2.05, 4.69) is 0 Å². The van der Waals surface area contributed by atoms with Crippen molar-refractivity contribution >= 4 is 11.9 Å². The van der Waals surface area contributed by atoms with Crippen LogP contribution in [0.5, 0.6) is 0 Å². The summed E-state index contributed by atoms with van der Waals surface area (Å²) in [6.45, 7) is 6.72. The number of nitrogens with two attached hydrogens (primary N) is 1. The molecular formula is C48H75NO18. The number of allylic oxidation sites excluding steroid dienone is 12. The molecule has 2 saturated heterocycles. The summed E-state index contributed by atoms with van der Waals surface area (Å²) in [4.78, 5) is 25.7. The second-order valence-electron chi connectivity index (χ2n) is 17.8. The zero-order chi connectivity index (χ0) is 50.0. The molecule has 3 rings (SSSR count). The number of cyclic esters (lactones) is 1. The maximum Gasteiger partial charge on any atom is 0.314 e. The Morgan fingerprint density at radius 3 is 1.82 bits per heavy atom. The van der Waals surface area contributed by atoms with Crippen molar-refractivity contribution in [1.82, 2.24) is 0 Å². The van der Waals surface area contributed by atoms with Crippen LogP contribution in [0, 0.1) is 17.8 Å². The topological polar surface area (TPSA) is 329 Å². The molecule has 20 atom stereocenters. The predicted octanol–water partition coefficient (Wildman–Crippen LogP) is -0.229. The van der Waals surface area contributed by atoms with Gasteiger partial charge in [0.05, 0.1) is 80.6 Å². The third kappa shape index (κ3) is 18.1. The summed E-state index contributed by atoms with van der Waals surface area (Å²) in [5.41, 5.74) is 6.04. The Kier molecular flexibility index (Phi) is 24.4. The molecule has 380 valence electrons. The van der Waals surface area contributed by atoms with Crippen LogP contribution in [0.3, 0.4) is 0 Å². The Balaban J connectivity index is 1.91. The Morgan fingerprint density at radius 1 is 0.672 bits per heavy atom. The van der Waals surface area contributed by atoms with Crippen LogP contribution in [0.15, 0.2) is 85.1 Å². The fourth-order valence-electron chi connectivity index (χ4n) is 8.06. The molecule has 19 heteroatoms. The van der Waals surface area contributed by atoms with Gasteiger partial charge in [-0.05, 0) is 33.1 Å². The molecular weight excluding hydrogens is 879 g/mol. The molecule has 67 heavy (non-hydrogen) atoms. The van der Waals surface area contributed by atoms with E-state index in [1.165, 1.54) is 13.0 Å². The van der Waals surface area contributed by atoms with Gasteiger partial charge in [0.1, 0.15) is 30.3 Å². The predicted molar refractivity (Wildman–Crippen MR) is 243 cm³/mol. The quantitative estimate of drug-likeness (QED) is 0.163. The highest BCUT2D eigenvalue weighted by Gasteiger charge is 2.57. The molecule has 0 aromatic carbocycles. The SMILES string of the molecule is COC(=O)[C@@H]1[C@@H](O)[C@H](O)[C@@]2(O)C[C@@H](O)C[C@@H](O)[C@H](O)CC[C@@H](O)C[C@@H](O)CC(=O)O[C@@H](C)[C@H](C)[C@H](O)[C@@H](C)/C=C/C=C/C=C/C=C/C=C/C=C/C=C/[C@H](OC3O[C@@H](C)[C@@H](O)[C@H](N)[C@@H]3O)C[C@@H]1O2. The van der Waals surface area contributed by atoms with Crippen molar-refractivity contribution in [2.75, 3.05) is 7.11 Å². The van der Waals surface area contributed by atoms with Gasteiger partial charge in [0.2, 0.25) is 0 Å². The van der Waals surface area contributed by atoms with Crippen molar-refractivity contribution in [1.29, 1.82) is 0 Å². The third-order valence-corrected chi connectivity index (χ3v) is 12.4. The largest absolute Gasteiger partial charge is 0.469 e. The van der Waals surface area contributed by atoms with Gasteiger partial charge in [0.25, 0.3) is 0 Å². The van der Waals surface area contributed by atoms with Gasteiger partial charge in [-0.15, -0.1) is 0 Å². The summed E-state index contributed by atoms with van der Waals surface area (Å²) >= 11 is 0. The molecule has 13 N–H and O–H groups in total. The first-order chi connectivity index (χ1) is 31.6. The highest BCUT2D eigenvalue weighted by molar-refractivity contribution is 5.74. The lowest BCUT2D eigenvalue weighted by Gasteiger charge is -2.48. The third-order valence-electron chi connectivity index (χ3n) is 12.4. The molecule has 1 unspecified atom stereocenters. The molecule has 3 aliphatic heterocycles. The molecule has 2 bridgehead atoms. The lowest BCUT2D eigenvalue weighted by atomic mass is 9.80. The second kappa shape index (κ2) is 28.3. The minimum atomic E-state index is -2.76. The number of esters is 2. The molecule has 0 aliphatic carbocycles. The number of hydrogen-bond donors (Lipinski definition) is 12. The molecule has 3 heterocycles. The maximum atomic E-state index is 13.1. The summed E-state index contributed by atoms with van der Waals surface area (Å²) < 4.78 is 28.1. The van der Waals surface area contributed by atoms with E-state index in [9.17, 15) is 65.8 Å². The van der Waals surface area contributed by atoms with E-state index in [1.807, 2.05) is 13.0 Å². The molecule has 2 fully saturated rings. The summed E-state index contributed by atoms with van der Waals surface area (Å²) in [5.74, 6) is -6.90. The number of ether oxygens (including phenoxy) is 5. The first-order valence-corrected chi connectivity index (χ1v) is 22.8. The van der Waals surface area contributed by atoms with E-state index >= 15 is 0 Å². The average Bonchev–Trinajstić information content (AvgIpc) is 3.27.